The summed E-state index contributed by atoms with van der Waals surface area (Å²) >= 11 is 3.38. The Morgan fingerprint density at radius 1 is 1.07 bits per heavy atom. The maximum atomic E-state index is 12.6. The van der Waals surface area contributed by atoms with Gasteiger partial charge in [-0.3, -0.25) is 0 Å². The lowest BCUT2D eigenvalue weighted by Gasteiger charge is -2.28. The Bertz CT molecular complexity index is 850. The first-order chi connectivity index (χ1) is 13.0. The number of hydrogen-bond donors (Lipinski definition) is 2. The summed E-state index contributed by atoms with van der Waals surface area (Å²) in [6.07, 6.45) is 0. The summed E-state index contributed by atoms with van der Waals surface area (Å²) in [5.41, 5.74) is 1.64. The molecule has 0 unspecified atom stereocenters. The number of carbonyl (C=O) groups is 2. The predicted molar refractivity (Wildman–Crippen MR) is 104 cm³/mol. The number of allylic oxidation sites excluding steroid dienone is 1. The van der Waals surface area contributed by atoms with Gasteiger partial charge < -0.3 is 20.1 Å². The molecule has 0 fully saturated rings. The lowest BCUT2D eigenvalue weighted by Crippen LogP contribution is -2.45. The minimum atomic E-state index is -0.575. The van der Waals surface area contributed by atoms with Crippen molar-refractivity contribution < 1.29 is 19.1 Å². The molecule has 0 aliphatic carbocycles. The van der Waals surface area contributed by atoms with Gasteiger partial charge in [0, 0.05) is 10.2 Å². The monoisotopic (exact) mass is 430 g/mol. The second-order valence-corrected chi connectivity index (χ2v) is 6.83. The molecule has 2 N–H and O–H groups in total. The standard InChI is InChI=1S/C20H19BrN2O4/c1-13-17(19(24)27-12-11-26-16-5-3-2-4-6-16)18(23-20(25)22-13)14-7-9-15(21)10-8-14/h2-10,18H,11-12H2,1H3,(H2,22,23,25)/t18-/m1/s1. The van der Waals surface area contributed by atoms with Gasteiger partial charge in [0.25, 0.3) is 0 Å². The number of urea groups is 1. The fourth-order valence-corrected chi connectivity index (χ4v) is 3.02. The topological polar surface area (TPSA) is 76.7 Å². The quantitative estimate of drug-likeness (QED) is 0.540. The van der Waals surface area contributed by atoms with Crippen molar-refractivity contribution in [1.29, 1.82) is 0 Å². The third-order valence-corrected chi connectivity index (χ3v) is 4.55. The summed E-state index contributed by atoms with van der Waals surface area (Å²) in [5, 5.41) is 5.40. The molecule has 2 amide bonds. The highest BCUT2D eigenvalue weighted by atomic mass is 79.9. The maximum absolute atomic E-state index is 12.6. The highest BCUT2D eigenvalue weighted by Gasteiger charge is 2.32. The van der Waals surface area contributed by atoms with E-state index in [4.69, 9.17) is 9.47 Å². The molecule has 3 rings (SSSR count). The number of carbonyl (C=O) groups excluding carboxylic acids is 2. The number of benzene rings is 2. The Morgan fingerprint density at radius 2 is 1.78 bits per heavy atom. The molecule has 0 radical (unpaired) electrons. The van der Waals surface area contributed by atoms with Gasteiger partial charge in [0.1, 0.15) is 19.0 Å². The number of nitrogens with one attached hydrogen (secondary N) is 2. The van der Waals surface area contributed by atoms with Crippen LogP contribution in [0.3, 0.4) is 0 Å². The zero-order valence-corrected chi connectivity index (χ0v) is 16.3. The highest BCUT2D eigenvalue weighted by molar-refractivity contribution is 9.10. The zero-order chi connectivity index (χ0) is 19.2. The fourth-order valence-electron chi connectivity index (χ4n) is 2.76. The van der Waals surface area contributed by atoms with Crippen LogP contribution in [-0.2, 0) is 9.53 Å². The Labute approximate surface area is 165 Å². The van der Waals surface area contributed by atoms with Crippen LogP contribution in [0, 0.1) is 0 Å². The van der Waals surface area contributed by atoms with E-state index in [1.165, 1.54) is 0 Å². The highest BCUT2D eigenvalue weighted by Crippen LogP contribution is 2.28. The summed E-state index contributed by atoms with van der Waals surface area (Å²) in [7, 11) is 0. The molecule has 7 heteroatoms. The molecule has 1 heterocycles. The first-order valence-corrected chi connectivity index (χ1v) is 9.22. The van der Waals surface area contributed by atoms with Gasteiger partial charge in [-0.15, -0.1) is 0 Å². The molecule has 1 aliphatic heterocycles. The van der Waals surface area contributed by atoms with E-state index in [0.717, 1.165) is 10.0 Å². The normalized spacial score (nSPS) is 16.4. The van der Waals surface area contributed by atoms with E-state index in [0.29, 0.717) is 17.0 Å². The number of halogens is 1. The molecule has 0 bridgehead atoms. The van der Waals surface area contributed by atoms with E-state index in [2.05, 4.69) is 26.6 Å². The summed E-state index contributed by atoms with van der Waals surface area (Å²) in [5.74, 6) is 0.216. The number of rotatable bonds is 6. The van der Waals surface area contributed by atoms with E-state index in [9.17, 15) is 9.59 Å². The molecule has 0 saturated heterocycles. The molecule has 1 atom stereocenters. The van der Waals surface area contributed by atoms with E-state index in [1.807, 2.05) is 54.6 Å². The van der Waals surface area contributed by atoms with E-state index in [1.54, 1.807) is 6.92 Å². The van der Waals surface area contributed by atoms with E-state index in [-0.39, 0.29) is 19.2 Å². The van der Waals surface area contributed by atoms with Crippen molar-refractivity contribution in [3.8, 4) is 5.75 Å². The zero-order valence-electron chi connectivity index (χ0n) is 14.7. The molecular formula is C20H19BrN2O4. The first kappa shape index (κ1) is 19.0. The van der Waals surface area contributed by atoms with Crippen LogP contribution in [0.4, 0.5) is 4.79 Å². The van der Waals surface area contributed by atoms with Crippen molar-refractivity contribution in [2.45, 2.75) is 13.0 Å². The van der Waals surface area contributed by atoms with Gasteiger partial charge in [-0.25, -0.2) is 9.59 Å². The van der Waals surface area contributed by atoms with Gasteiger partial charge in [0.15, 0.2) is 0 Å². The third kappa shape index (κ3) is 4.89. The Morgan fingerprint density at radius 3 is 2.48 bits per heavy atom. The van der Waals surface area contributed by atoms with Crippen LogP contribution in [0.15, 0.2) is 70.3 Å². The summed E-state index contributed by atoms with van der Waals surface area (Å²) in [6.45, 7) is 2.03. The van der Waals surface area contributed by atoms with Crippen molar-refractivity contribution in [2.75, 3.05) is 13.2 Å². The number of esters is 1. The van der Waals surface area contributed by atoms with Crippen molar-refractivity contribution in [2.24, 2.45) is 0 Å². The molecule has 1 aliphatic rings. The minimum absolute atomic E-state index is 0.103. The lowest BCUT2D eigenvalue weighted by molar-refractivity contribution is -0.140. The molecule has 27 heavy (non-hydrogen) atoms. The fraction of sp³-hybridized carbons (Fsp3) is 0.200. The average Bonchev–Trinajstić information content (AvgIpc) is 2.66. The van der Waals surface area contributed by atoms with Gasteiger partial charge in [-0.1, -0.05) is 46.3 Å². The maximum Gasteiger partial charge on any atom is 0.338 e. The third-order valence-electron chi connectivity index (χ3n) is 4.02. The summed E-state index contributed by atoms with van der Waals surface area (Å²) < 4.78 is 11.8. The number of para-hydroxylation sites is 1. The molecule has 6 nitrogen and oxygen atoms in total. The smallest absolute Gasteiger partial charge is 0.338 e. The Balaban J connectivity index is 1.67. The van der Waals surface area contributed by atoms with Crippen LogP contribution in [0.1, 0.15) is 18.5 Å². The second-order valence-electron chi connectivity index (χ2n) is 5.92. The van der Waals surface area contributed by atoms with Crippen LogP contribution in [-0.4, -0.2) is 25.2 Å². The van der Waals surface area contributed by atoms with Crippen molar-refractivity contribution in [1.82, 2.24) is 10.6 Å². The van der Waals surface area contributed by atoms with Gasteiger partial charge >= 0.3 is 12.0 Å². The van der Waals surface area contributed by atoms with Gasteiger partial charge in [-0.2, -0.15) is 0 Å². The van der Waals surface area contributed by atoms with Crippen molar-refractivity contribution in [3.05, 3.63) is 75.9 Å². The van der Waals surface area contributed by atoms with E-state index < -0.39 is 12.0 Å². The Kier molecular flexibility index (Phi) is 6.13. The van der Waals surface area contributed by atoms with Crippen LogP contribution in [0.2, 0.25) is 0 Å². The van der Waals surface area contributed by atoms with Crippen molar-refractivity contribution in [3.63, 3.8) is 0 Å². The first-order valence-electron chi connectivity index (χ1n) is 8.43. The number of hydrogen-bond acceptors (Lipinski definition) is 4. The van der Waals surface area contributed by atoms with Crippen LogP contribution >= 0.6 is 15.9 Å². The van der Waals surface area contributed by atoms with Crippen LogP contribution in [0.5, 0.6) is 5.75 Å². The van der Waals surface area contributed by atoms with Crippen LogP contribution in [0.25, 0.3) is 0 Å². The molecule has 0 spiro atoms. The van der Waals surface area contributed by atoms with Gasteiger partial charge in [0.2, 0.25) is 0 Å². The SMILES string of the molecule is CC1=C(C(=O)OCCOc2ccccc2)[C@@H](c2ccc(Br)cc2)NC(=O)N1. The minimum Gasteiger partial charge on any atom is -0.490 e. The number of ether oxygens (including phenoxy) is 2. The Hall–Kier alpha value is -2.80. The molecule has 2 aromatic carbocycles. The average molecular weight is 431 g/mol. The second kappa shape index (κ2) is 8.73. The van der Waals surface area contributed by atoms with E-state index >= 15 is 0 Å². The molecule has 0 saturated carbocycles. The summed E-state index contributed by atoms with van der Waals surface area (Å²) in [4.78, 5) is 24.5. The van der Waals surface area contributed by atoms with Crippen LogP contribution < -0.4 is 15.4 Å². The number of amides is 2. The molecular weight excluding hydrogens is 412 g/mol. The lowest BCUT2D eigenvalue weighted by atomic mass is 9.96. The molecule has 2 aromatic rings. The summed E-state index contributed by atoms with van der Waals surface area (Å²) in [6, 6.07) is 15.8. The largest absolute Gasteiger partial charge is 0.490 e. The van der Waals surface area contributed by atoms with Crippen molar-refractivity contribution >= 4 is 27.9 Å². The van der Waals surface area contributed by atoms with Gasteiger partial charge in [-0.05, 0) is 36.8 Å². The predicted octanol–water partition coefficient (Wildman–Crippen LogP) is 3.70. The van der Waals surface area contributed by atoms with Gasteiger partial charge in [0.05, 0.1) is 11.6 Å². The molecule has 0 aromatic heterocycles. The molecule has 140 valence electrons.